The van der Waals surface area contributed by atoms with Crippen LogP contribution < -0.4 is 4.90 Å². The van der Waals surface area contributed by atoms with Crippen molar-refractivity contribution in [3.8, 4) is 6.07 Å². The fourth-order valence-corrected chi connectivity index (χ4v) is 2.83. The summed E-state index contributed by atoms with van der Waals surface area (Å²) in [5.74, 6) is 0.743. The van der Waals surface area contributed by atoms with Gasteiger partial charge in [-0.3, -0.25) is 0 Å². The minimum atomic E-state index is 0.648. The van der Waals surface area contributed by atoms with Crippen molar-refractivity contribution >= 4 is 17.2 Å². The summed E-state index contributed by atoms with van der Waals surface area (Å²) in [7, 11) is 1.96. The summed E-state index contributed by atoms with van der Waals surface area (Å²) < 4.78 is 0. The fourth-order valence-electron chi connectivity index (χ4n) is 2.00. The van der Waals surface area contributed by atoms with Gasteiger partial charge < -0.3 is 4.90 Å². The molecule has 0 radical (unpaired) electrons. The second-order valence-corrected chi connectivity index (χ2v) is 5.55. The van der Waals surface area contributed by atoms with Crippen molar-refractivity contribution in [1.82, 2.24) is 9.97 Å². The second-order valence-electron chi connectivity index (χ2n) is 4.61. The van der Waals surface area contributed by atoms with Crippen molar-refractivity contribution in [2.45, 2.75) is 27.3 Å². The first-order valence-electron chi connectivity index (χ1n) is 6.01. The third-order valence-corrected chi connectivity index (χ3v) is 3.94. The average Bonchev–Trinajstić information content (AvgIpc) is 2.74. The van der Waals surface area contributed by atoms with Gasteiger partial charge in [-0.05, 0) is 32.4 Å². The molecule has 2 aromatic heterocycles. The van der Waals surface area contributed by atoms with E-state index in [1.807, 2.05) is 44.3 Å². The first-order chi connectivity index (χ1) is 9.02. The first-order valence-corrected chi connectivity index (χ1v) is 6.89. The van der Waals surface area contributed by atoms with Gasteiger partial charge >= 0.3 is 0 Å². The number of aromatic nitrogens is 2. The smallest absolute Gasteiger partial charge is 0.147 e. The van der Waals surface area contributed by atoms with E-state index in [0.29, 0.717) is 5.56 Å². The summed E-state index contributed by atoms with van der Waals surface area (Å²) in [6, 6.07) is 4.19. The van der Waals surface area contributed by atoms with E-state index in [2.05, 4.69) is 16.0 Å². The van der Waals surface area contributed by atoms with Gasteiger partial charge in [0.2, 0.25) is 0 Å². The molecular formula is C14H16N4S. The van der Waals surface area contributed by atoms with Crippen LogP contribution in [0.5, 0.6) is 0 Å². The predicted molar refractivity (Wildman–Crippen MR) is 77.4 cm³/mol. The number of hydrogen-bond acceptors (Lipinski definition) is 5. The Morgan fingerprint density at radius 3 is 2.68 bits per heavy atom. The highest BCUT2D eigenvalue weighted by molar-refractivity contribution is 7.09. The van der Waals surface area contributed by atoms with Gasteiger partial charge in [0.15, 0.2) is 0 Å². The van der Waals surface area contributed by atoms with E-state index in [1.165, 1.54) is 4.88 Å². The van der Waals surface area contributed by atoms with Crippen LogP contribution in [0.15, 0.2) is 11.6 Å². The van der Waals surface area contributed by atoms with Gasteiger partial charge in [-0.2, -0.15) is 5.26 Å². The predicted octanol–water partition coefficient (Wildman–Crippen LogP) is 2.97. The molecule has 0 N–H and O–H groups in total. The Morgan fingerprint density at radius 2 is 2.11 bits per heavy atom. The molecule has 5 heteroatoms. The van der Waals surface area contributed by atoms with Crippen molar-refractivity contribution in [2.75, 3.05) is 11.9 Å². The number of aryl methyl sites for hydroxylation is 3. The molecular weight excluding hydrogens is 256 g/mol. The van der Waals surface area contributed by atoms with Crippen LogP contribution in [0.2, 0.25) is 0 Å². The van der Waals surface area contributed by atoms with Crippen molar-refractivity contribution in [1.29, 1.82) is 5.26 Å². The monoisotopic (exact) mass is 272 g/mol. The summed E-state index contributed by atoms with van der Waals surface area (Å²) >= 11 is 1.63. The van der Waals surface area contributed by atoms with Gasteiger partial charge in [0.05, 0.1) is 23.3 Å². The molecule has 2 aromatic rings. The number of hydrogen-bond donors (Lipinski definition) is 0. The average molecular weight is 272 g/mol. The molecule has 2 heterocycles. The Bertz CT molecular complexity index is 639. The standard InChI is InChI=1S/C14H16N4S/c1-9-5-10(2)17-14(12(9)6-15)18(4)7-13-11(3)16-8-19-13/h5,8H,7H2,1-4H3. The molecule has 0 spiro atoms. The maximum atomic E-state index is 9.29. The van der Waals surface area contributed by atoms with Crippen LogP contribution in [0.3, 0.4) is 0 Å². The highest BCUT2D eigenvalue weighted by Crippen LogP contribution is 2.24. The number of nitriles is 1. The van der Waals surface area contributed by atoms with Gasteiger partial charge in [-0.25, -0.2) is 9.97 Å². The Kier molecular flexibility index (Phi) is 3.82. The SMILES string of the molecule is Cc1cc(C)c(C#N)c(N(C)Cc2scnc2C)n1. The molecule has 0 aliphatic heterocycles. The highest BCUT2D eigenvalue weighted by Gasteiger charge is 2.14. The van der Waals surface area contributed by atoms with Gasteiger partial charge in [-0.1, -0.05) is 0 Å². The lowest BCUT2D eigenvalue weighted by atomic mass is 10.1. The maximum Gasteiger partial charge on any atom is 0.147 e. The van der Waals surface area contributed by atoms with E-state index in [9.17, 15) is 5.26 Å². The molecule has 0 fully saturated rings. The Labute approximate surface area is 117 Å². The van der Waals surface area contributed by atoms with Crippen molar-refractivity contribution in [2.24, 2.45) is 0 Å². The molecule has 98 valence electrons. The van der Waals surface area contributed by atoms with Crippen LogP contribution in [-0.2, 0) is 6.54 Å². The van der Waals surface area contributed by atoms with Crippen LogP contribution in [0.25, 0.3) is 0 Å². The topological polar surface area (TPSA) is 52.8 Å². The summed E-state index contributed by atoms with van der Waals surface area (Å²) in [6.07, 6.45) is 0. The van der Waals surface area contributed by atoms with E-state index < -0.39 is 0 Å². The van der Waals surface area contributed by atoms with Gasteiger partial charge in [0, 0.05) is 17.6 Å². The largest absolute Gasteiger partial charge is 0.353 e. The Hall–Kier alpha value is -1.93. The molecule has 0 amide bonds. The lowest BCUT2D eigenvalue weighted by Gasteiger charge is -2.20. The van der Waals surface area contributed by atoms with Gasteiger partial charge in [0.1, 0.15) is 11.9 Å². The first kappa shape index (κ1) is 13.5. The minimum Gasteiger partial charge on any atom is -0.353 e. The molecule has 0 unspecified atom stereocenters. The van der Waals surface area contributed by atoms with Crippen LogP contribution in [0.1, 0.15) is 27.4 Å². The molecule has 0 aliphatic rings. The number of pyridine rings is 1. The van der Waals surface area contributed by atoms with Crippen molar-refractivity contribution < 1.29 is 0 Å². The van der Waals surface area contributed by atoms with Crippen LogP contribution in [0.4, 0.5) is 5.82 Å². The summed E-state index contributed by atoms with van der Waals surface area (Å²) in [4.78, 5) is 12.0. The molecule has 19 heavy (non-hydrogen) atoms. The van der Waals surface area contributed by atoms with E-state index in [1.54, 1.807) is 11.3 Å². The lowest BCUT2D eigenvalue weighted by Crippen LogP contribution is -2.19. The molecule has 0 atom stereocenters. The zero-order valence-corrected chi connectivity index (χ0v) is 12.4. The van der Waals surface area contributed by atoms with Crippen LogP contribution >= 0.6 is 11.3 Å². The zero-order chi connectivity index (χ0) is 14.0. The fraction of sp³-hybridized carbons (Fsp3) is 0.357. The van der Waals surface area contributed by atoms with E-state index >= 15 is 0 Å². The molecule has 0 saturated carbocycles. The van der Waals surface area contributed by atoms with Crippen molar-refractivity contribution in [3.63, 3.8) is 0 Å². The molecule has 0 aliphatic carbocycles. The highest BCUT2D eigenvalue weighted by atomic mass is 32.1. The summed E-state index contributed by atoms with van der Waals surface area (Å²) in [5.41, 5.74) is 5.44. The Morgan fingerprint density at radius 1 is 1.37 bits per heavy atom. The number of nitrogens with zero attached hydrogens (tertiary/aromatic N) is 4. The Balaban J connectivity index is 2.36. The summed E-state index contributed by atoms with van der Waals surface area (Å²) in [6.45, 7) is 6.62. The van der Waals surface area contributed by atoms with Gasteiger partial charge in [-0.15, -0.1) is 11.3 Å². The van der Waals surface area contributed by atoms with E-state index in [0.717, 1.165) is 29.3 Å². The number of anilines is 1. The lowest BCUT2D eigenvalue weighted by molar-refractivity contribution is 0.890. The number of thiazole rings is 1. The van der Waals surface area contributed by atoms with E-state index in [-0.39, 0.29) is 0 Å². The van der Waals surface area contributed by atoms with E-state index in [4.69, 9.17) is 0 Å². The maximum absolute atomic E-state index is 9.29. The quantitative estimate of drug-likeness (QED) is 0.862. The molecule has 4 nitrogen and oxygen atoms in total. The van der Waals surface area contributed by atoms with Gasteiger partial charge in [0.25, 0.3) is 0 Å². The summed E-state index contributed by atoms with van der Waals surface area (Å²) in [5, 5.41) is 9.29. The minimum absolute atomic E-state index is 0.648. The molecule has 0 saturated heterocycles. The molecule has 2 rings (SSSR count). The second kappa shape index (κ2) is 5.37. The van der Waals surface area contributed by atoms with Crippen LogP contribution in [0, 0.1) is 32.1 Å². The number of rotatable bonds is 3. The third-order valence-electron chi connectivity index (χ3n) is 3.02. The molecule has 0 bridgehead atoms. The molecule has 0 aromatic carbocycles. The van der Waals surface area contributed by atoms with Crippen LogP contribution in [-0.4, -0.2) is 17.0 Å². The zero-order valence-electron chi connectivity index (χ0n) is 11.6. The van der Waals surface area contributed by atoms with Crippen molar-refractivity contribution in [3.05, 3.63) is 39.0 Å². The normalized spacial score (nSPS) is 10.3. The third kappa shape index (κ3) is 2.74.